The minimum Gasteiger partial charge on any atom is -0.507 e. The van der Waals surface area contributed by atoms with Gasteiger partial charge in [0, 0.05) is 12.1 Å². The highest BCUT2D eigenvalue weighted by Gasteiger charge is 2.24. The average molecular weight is 389 g/mol. The van der Waals surface area contributed by atoms with E-state index in [4.69, 9.17) is 0 Å². The Morgan fingerprint density at radius 2 is 1.31 bits per heavy atom. The summed E-state index contributed by atoms with van der Waals surface area (Å²) in [7, 11) is 1.99. The van der Waals surface area contributed by atoms with Crippen LogP contribution in [0.2, 0.25) is 0 Å². The van der Waals surface area contributed by atoms with Gasteiger partial charge in [-0.05, 0) is 29.2 Å². The highest BCUT2D eigenvalue weighted by Crippen LogP contribution is 2.34. The Hall–Kier alpha value is -2.62. The van der Waals surface area contributed by atoms with Crippen molar-refractivity contribution >= 4 is 0 Å². The third kappa shape index (κ3) is 5.06. The first-order valence-electron chi connectivity index (χ1n) is 10.2. The lowest BCUT2D eigenvalue weighted by molar-refractivity contribution is 0.394. The van der Waals surface area contributed by atoms with Crippen LogP contribution >= 0.6 is 0 Å². The quantitative estimate of drug-likeness (QED) is 0.502. The molecular weight excluding hydrogens is 356 g/mol. The van der Waals surface area contributed by atoms with Crippen LogP contribution in [0.3, 0.4) is 0 Å². The van der Waals surface area contributed by atoms with Crippen molar-refractivity contribution in [3.63, 3.8) is 0 Å². The van der Waals surface area contributed by atoms with Gasteiger partial charge < -0.3 is 15.7 Å². The molecule has 0 fully saturated rings. The molecule has 0 aliphatic heterocycles. The van der Waals surface area contributed by atoms with Gasteiger partial charge >= 0.3 is 0 Å². The predicted octanol–water partition coefficient (Wildman–Crippen LogP) is 5.48. The van der Waals surface area contributed by atoms with Crippen LogP contribution in [-0.4, -0.2) is 12.2 Å². The molecule has 0 radical (unpaired) electrons. The van der Waals surface area contributed by atoms with E-state index in [-0.39, 0.29) is 17.5 Å². The number of rotatable bonds is 7. The van der Waals surface area contributed by atoms with Crippen molar-refractivity contribution in [1.29, 1.82) is 0 Å². The lowest BCUT2D eigenvalue weighted by Crippen LogP contribution is -2.33. The zero-order chi connectivity index (χ0) is 20.9. The minimum atomic E-state index is -0.101. The molecule has 3 aromatic carbocycles. The summed E-state index contributed by atoms with van der Waals surface area (Å²) in [5.74, 6) is 0.389. The summed E-state index contributed by atoms with van der Waals surface area (Å²) in [6.07, 6.45) is 0. The molecule has 3 nitrogen and oxygen atoms in total. The number of phenolic OH excluding ortho intramolecular Hbond substituents is 1. The van der Waals surface area contributed by atoms with Crippen molar-refractivity contribution in [1.82, 2.24) is 10.6 Å². The number of nitrogens with one attached hydrogen (secondary N) is 2. The second-order valence-corrected chi connectivity index (χ2v) is 8.51. The van der Waals surface area contributed by atoms with Crippen molar-refractivity contribution in [2.45, 2.75) is 44.8 Å². The Bertz CT molecular complexity index is 901. The highest BCUT2D eigenvalue weighted by molar-refractivity contribution is 5.44. The third-order valence-corrected chi connectivity index (χ3v) is 5.40. The zero-order valence-electron chi connectivity index (χ0n) is 17.8. The Morgan fingerprint density at radius 1 is 0.759 bits per heavy atom. The number of phenols is 1. The molecule has 0 saturated carbocycles. The average Bonchev–Trinajstić information content (AvgIpc) is 2.72. The molecule has 29 heavy (non-hydrogen) atoms. The normalized spacial score (nSPS) is 13.8. The van der Waals surface area contributed by atoms with Crippen molar-refractivity contribution in [2.24, 2.45) is 0 Å². The molecule has 0 spiro atoms. The van der Waals surface area contributed by atoms with Crippen LogP contribution in [0.4, 0.5) is 0 Å². The van der Waals surface area contributed by atoms with Gasteiger partial charge in [-0.3, -0.25) is 0 Å². The fourth-order valence-corrected chi connectivity index (χ4v) is 3.83. The second-order valence-electron chi connectivity index (χ2n) is 8.51. The Labute approximate surface area is 174 Å². The lowest BCUT2D eigenvalue weighted by Gasteiger charge is -2.29. The maximum atomic E-state index is 10.9. The molecule has 2 atom stereocenters. The van der Waals surface area contributed by atoms with Gasteiger partial charge in [-0.25, -0.2) is 0 Å². The fraction of sp³-hybridized carbons (Fsp3) is 0.308. The van der Waals surface area contributed by atoms with Crippen LogP contribution in [0.25, 0.3) is 0 Å². The van der Waals surface area contributed by atoms with Crippen LogP contribution in [-0.2, 0) is 12.0 Å². The van der Waals surface area contributed by atoms with Gasteiger partial charge in [-0.2, -0.15) is 0 Å². The van der Waals surface area contributed by atoms with Crippen molar-refractivity contribution < 1.29 is 5.11 Å². The molecule has 3 aromatic rings. The van der Waals surface area contributed by atoms with Gasteiger partial charge in [0.05, 0.1) is 12.1 Å². The third-order valence-electron chi connectivity index (χ3n) is 5.40. The van der Waals surface area contributed by atoms with E-state index in [1.54, 1.807) is 0 Å². The van der Waals surface area contributed by atoms with Crippen LogP contribution in [0.1, 0.15) is 55.1 Å². The summed E-state index contributed by atoms with van der Waals surface area (Å²) in [6, 6.07) is 27.1. The van der Waals surface area contributed by atoms with E-state index in [0.717, 1.165) is 11.1 Å². The number of hydrogen-bond acceptors (Lipinski definition) is 3. The summed E-state index contributed by atoms with van der Waals surface area (Å²) >= 11 is 0. The van der Waals surface area contributed by atoms with Gasteiger partial charge in [0.2, 0.25) is 0 Å². The smallest absolute Gasteiger partial charge is 0.123 e. The molecule has 0 aliphatic carbocycles. The summed E-state index contributed by atoms with van der Waals surface area (Å²) < 4.78 is 0. The predicted molar refractivity (Wildman–Crippen MR) is 121 cm³/mol. The Kier molecular flexibility index (Phi) is 6.73. The van der Waals surface area contributed by atoms with Gasteiger partial charge in [0.25, 0.3) is 0 Å². The van der Waals surface area contributed by atoms with Crippen LogP contribution in [0.15, 0.2) is 78.9 Å². The molecule has 0 aliphatic rings. The monoisotopic (exact) mass is 388 g/mol. The first kappa shape index (κ1) is 21.1. The van der Waals surface area contributed by atoms with Gasteiger partial charge in [0.15, 0.2) is 0 Å². The van der Waals surface area contributed by atoms with Crippen LogP contribution < -0.4 is 10.6 Å². The van der Waals surface area contributed by atoms with Gasteiger partial charge in [-0.1, -0.05) is 99.6 Å². The van der Waals surface area contributed by atoms with E-state index in [1.807, 2.05) is 37.4 Å². The first-order valence-corrected chi connectivity index (χ1v) is 10.2. The molecule has 3 heteroatoms. The van der Waals surface area contributed by atoms with Gasteiger partial charge in [-0.15, -0.1) is 0 Å². The second kappa shape index (κ2) is 9.25. The van der Waals surface area contributed by atoms with Crippen LogP contribution in [0.5, 0.6) is 5.75 Å². The number of aromatic hydroxyl groups is 1. The summed E-state index contributed by atoms with van der Waals surface area (Å²) in [5, 5.41) is 18.0. The number of hydrogen-bond donors (Lipinski definition) is 3. The number of benzene rings is 3. The number of likely N-dealkylation sites (N-methyl/N-ethyl adjacent to an activating group) is 1. The largest absolute Gasteiger partial charge is 0.507 e. The molecule has 0 saturated heterocycles. The molecule has 3 N–H and O–H groups in total. The maximum absolute atomic E-state index is 10.9. The Morgan fingerprint density at radius 3 is 1.83 bits per heavy atom. The SMILES string of the molecule is CN[C@H](c1ccccc1)C(NCc1cccc(C(C)(C)C)c1O)c1ccccc1. The molecular formula is C26H32N2O. The van der Waals surface area contributed by atoms with Crippen molar-refractivity contribution in [3.8, 4) is 5.75 Å². The standard InChI is InChI=1S/C26H32N2O/c1-26(2,3)22-17-11-16-21(25(22)29)18-28-24(20-14-9-6-10-15-20)23(27-4)19-12-7-5-8-13-19/h5-17,23-24,27-29H,18H2,1-4H3/t23-,24?/m1/s1. The zero-order valence-corrected chi connectivity index (χ0v) is 17.8. The van der Waals surface area contributed by atoms with E-state index < -0.39 is 0 Å². The van der Waals surface area contributed by atoms with E-state index in [1.165, 1.54) is 11.1 Å². The Balaban J connectivity index is 1.91. The highest BCUT2D eigenvalue weighted by atomic mass is 16.3. The summed E-state index contributed by atoms with van der Waals surface area (Å²) in [4.78, 5) is 0. The molecule has 3 rings (SSSR count). The molecule has 0 heterocycles. The fourth-order valence-electron chi connectivity index (χ4n) is 3.83. The van der Waals surface area contributed by atoms with Crippen molar-refractivity contribution in [3.05, 3.63) is 101 Å². The molecule has 0 aromatic heterocycles. The summed E-state index contributed by atoms with van der Waals surface area (Å²) in [5.41, 5.74) is 4.23. The maximum Gasteiger partial charge on any atom is 0.123 e. The molecule has 152 valence electrons. The van der Waals surface area contributed by atoms with E-state index in [9.17, 15) is 5.11 Å². The summed E-state index contributed by atoms with van der Waals surface area (Å²) in [6.45, 7) is 6.95. The first-order chi connectivity index (χ1) is 13.9. The van der Waals surface area contributed by atoms with Gasteiger partial charge in [0.1, 0.15) is 5.75 Å². The van der Waals surface area contributed by atoms with E-state index >= 15 is 0 Å². The molecule has 0 bridgehead atoms. The topological polar surface area (TPSA) is 44.3 Å². The van der Waals surface area contributed by atoms with Crippen molar-refractivity contribution in [2.75, 3.05) is 7.05 Å². The molecule has 1 unspecified atom stereocenters. The van der Waals surface area contributed by atoms with E-state index in [2.05, 4.69) is 79.9 Å². The minimum absolute atomic E-state index is 0.0568. The number of para-hydroxylation sites is 1. The lowest BCUT2D eigenvalue weighted by atomic mass is 9.85. The van der Waals surface area contributed by atoms with E-state index in [0.29, 0.717) is 12.3 Å². The van der Waals surface area contributed by atoms with Crippen LogP contribution in [0, 0.1) is 0 Å². The molecule has 0 amide bonds.